The topological polar surface area (TPSA) is 90.5 Å². The number of nitrogens with one attached hydrogen (secondary N) is 3. The van der Waals surface area contributed by atoms with E-state index in [1.54, 1.807) is 4.90 Å². The Morgan fingerprint density at radius 2 is 2.07 bits per heavy atom. The first-order valence-electron chi connectivity index (χ1n) is 9.72. The first-order valence-corrected chi connectivity index (χ1v) is 9.72. The van der Waals surface area contributed by atoms with Gasteiger partial charge in [-0.15, -0.1) is 0 Å². The van der Waals surface area contributed by atoms with Crippen LogP contribution in [0.2, 0.25) is 0 Å². The molecule has 3 aliphatic rings. The second-order valence-corrected chi connectivity index (χ2v) is 7.97. The zero-order chi connectivity index (χ0) is 19.0. The molecule has 1 aromatic carbocycles. The molecule has 3 atom stereocenters. The molecule has 144 valence electrons. The number of carbonyl (C=O) groups excluding carboxylic acids is 3. The molecule has 0 radical (unpaired) electrons. The molecule has 2 saturated heterocycles. The van der Waals surface area contributed by atoms with Gasteiger partial charge in [0, 0.05) is 37.7 Å². The van der Waals surface area contributed by atoms with E-state index in [4.69, 9.17) is 0 Å². The summed E-state index contributed by atoms with van der Waals surface area (Å²) in [7, 11) is 0. The van der Waals surface area contributed by atoms with Crippen LogP contribution in [0.1, 0.15) is 47.7 Å². The second kappa shape index (κ2) is 7.40. The number of carbonyl (C=O) groups is 3. The van der Waals surface area contributed by atoms with Crippen LogP contribution in [0.5, 0.6) is 0 Å². The Bertz CT molecular complexity index is 778. The van der Waals surface area contributed by atoms with Gasteiger partial charge in [-0.25, -0.2) is 0 Å². The molecule has 2 fully saturated rings. The van der Waals surface area contributed by atoms with E-state index >= 15 is 0 Å². The molecule has 3 heterocycles. The zero-order valence-electron chi connectivity index (χ0n) is 15.6. The Balaban J connectivity index is 1.42. The number of fused-ring (bicyclic) bond motifs is 1. The molecular weight excluding hydrogens is 344 g/mol. The van der Waals surface area contributed by atoms with Gasteiger partial charge in [0.15, 0.2) is 0 Å². The lowest BCUT2D eigenvalue weighted by Crippen LogP contribution is -2.52. The quantitative estimate of drug-likeness (QED) is 0.673. The van der Waals surface area contributed by atoms with Crippen molar-refractivity contribution in [2.75, 3.05) is 13.1 Å². The largest absolute Gasteiger partial charge is 0.322 e. The maximum atomic E-state index is 12.9. The van der Waals surface area contributed by atoms with Gasteiger partial charge in [-0.1, -0.05) is 19.1 Å². The minimum Gasteiger partial charge on any atom is -0.322 e. The second-order valence-electron chi connectivity index (χ2n) is 7.97. The van der Waals surface area contributed by atoms with Crippen molar-refractivity contribution in [3.63, 3.8) is 0 Å². The number of nitrogens with zero attached hydrogens (tertiary/aromatic N) is 1. The fourth-order valence-corrected chi connectivity index (χ4v) is 4.29. The van der Waals surface area contributed by atoms with E-state index in [1.165, 1.54) is 0 Å². The van der Waals surface area contributed by atoms with Crippen LogP contribution in [0.3, 0.4) is 0 Å². The van der Waals surface area contributed by atoms with Gasteiger partial charge in [-0.3, -0.25) is 19.7 Å². The Morgan fingerprint density at radius 3 is 2.85 bits per heavy atom. The molecule has 3 aliphatic heterocycles. The van der Waals surface area contributed by atoms with Crippen LogP contribution in [-0.2, 0) is 22.7 Å². The standard InChI is InChI=1S/C20H26N4O3/c1-12-6-15(10-21-8-12)22-9-13-2-3-14-11-24(20(27)16(14)7-13)17-4-5-18(25)23-19(17)26/h2-3,7,12,15,17,21-22H,4-6,8-11H2,1H3,(H,23,25,26)/t12-,15-,17?/m0/s1. The lowest BCUT2D eigenvalue weighted by Gasteiger charge is -2.29. The van der Waals surface area contributed by atoms with Gasteiger partial charge < -0.3 is 15.5 Å². The number of benzene rings is 1. The van der Waals surface area contributed by atoms with Gasteiger partial charge in [-0.05, 0) is 42.5 Å². The third-order valence-corrected chi connectivity index (χ3v) is 5.76. The van der Waals surface area contributed by atoms with Gasteiger partial charge in [0.05, 0.1) is 0 Å². The van der Waals surface area contributed by atoms with Gasteiger partial charge in [-0.2, -0.15) is 0 Å². The minimum absolute atomic E-state index is 0.116. The van der Waals surface area contributed by atoms with E-state index in [2.05, 4.69) is 22.9 Å². The van der Waals surface area contributed by atoms with Crippen LogP contribution in [0, 0.1) is 5.92 Å². The molecule has 1 unspecified atom stereocenters. The first-order chi connectivity index (χ1) is 13.0. The molecule has 3 N–H and O–H groups in total. The summed E-state index contributed by atoms with van der Waals surface area (Å²) >= 11 is 0. The average molecular weight is 370 g/mol. The van der Waals surface area contributed by atoms with Crippen molar-refractivity contribution in [3.05, 3.63) is 34.9 Å². The summed E-state index contributed by atoms with van der Waals surface area (Å²) in [5.41, 5.74) is 2.70. The van der Waals surface area contributed by atoms with Crippen molar-refractivity contribution < 1.29 is 14.4 Å². The van der Waals surface area contributed by atoms with Crippen molar-refractivity contribution in [3.8, 4) is 0 Å². The van der Waals surface area contributed by atoms with E-state index in [0.29, 0.717) is 30.5 Å². The summed E-state index contributed by atoms with van der Waals surface area (Å²) in [4.78, 5) is 37.9. The van der Waals surface area contributed by atoms with Gasteiger partial charge >= 0.3 is 0 Å². The predicted octanol–water partition coefficient (Wildman–Crippen LogP) is 0.535. The molecule has 1 aromatic rings. The zero-order valence-corrected chi connectivity index (χ0v) is 15.6. The third-order valence-electron chi connectivity index (χ3n) is 5.76. The highest BCUT2D eigenvalue weighted by molar-refractivity contribution is 6.05. The van der Waals surface area contributed by atoms with E-state index in [9.17, 15) is 14.4 Å². The van der Waals surface area contributed by atoms with Crippen molar-refractivity contribution in [1.82, 2.24) is 20.9 Å². The van der Waals surface area contributed by atoms with Crippen molar-refractivity contribution in [2.24, 2.45) is 5.92 Å². The molecule has 0 bridgehead atoms. The van der Waals surface area contributed by atoms with Crippen LogP contribution >= 0.6 is 0 Å². The summed E-state index contributed by atoms with van der Waals surface area (Å²) in [6.45, 7) is 5.44. The summed E-state index contributed by atoms with van der Waals surface area (Å²) in [5.74, 6) is -0.0808. The lowest BCUT2D eigenvalue weighted by molar-refractivity contribution is -0.136. The summed E-state index contributed by atoms with van der Waals surface area (Å²) < 4.78 is 0. The summed E-state index contributed by atoms with van der Waals surface area (Å²) in [6, 6.07) is 5.86. The number of rotatable bonds is 4. The van der Waals surface area contributed by atoms with E-state index in [0.717, 1.165) is 37.2 Å². The smallest absolute Gasteiger partial charge is 0.255 e. The van der Waals surface area contributed by atoms with Gasteiger partial charge in [0.1, 0.15) is 6.04 Å². The van der Waals surface area contributed by atoms with Crippen LogP contribution in [0.25, 0.3) is 0 Å². The molecular formula is C20H26N4O3. The monoisotopic (exact) mass is 370 g/mol. The normalized spacial score (nSPS) is 28.3. The van der Waals surface area contributed by atoms with Crippen LogP contribution < -0.4 is 16.0 Å². The van der Waals surface area contributed by atoms with E-state index in [1.807, 2.05) is 18.2 Å². The Hall–Kier alpha value is -2.25. The van der Waals surface area contributed by atoms with Crippen LogP contribution in [0.4, 0.5) is 0 Å². The summed E-state index contributed by atoms with van der Waals surface area (Å²) in [6.07, 6.45) is 1.82. The highest BCUT2D eigenvalue weighted by Crippen LogP contribution is 2.28. The number of piperidine rings is 2. The molecule has 0 spiro atoms. The first kappa shape index (κ1) is 18.1. The average Bonchev–Trinajstić information content (AvgIpc) is 2.96. The Labute approximate surface area is 158 Å². The molecule has 0 saturated carbocycles. The molecule has 0 aliphatic carbocycles. The number of hydrogen-bond acceptors (Lipinski definition) is 5. The fraction of sp³-hybridized carbons (Fsp3) is 0.550. The van der Waals surface area contributed by atoms with Gasteiger partial charge in [0.2, 0.25) is 11.8 Å². The van der Waals surface area contributed by atoms with Crippen LogP contribution in [0.15, 0.2) is 18.2 Å². The molecule has 0 aromatic heterocycles. The SMILES string of the molecule is C[C@@H]1CNC[C@@H](NCc2ccc3c(c2)C(=O)N(C2CCC(=O)NC2=O)C3)C1. The highest BCUT2D eigenvalue weighted by atomic mass is 16.2. The number of hydrogen-bond donors (Lipinski definition) is 3. The molecule has 3 amide bonds. The van der Waals surface area contributed by atoms with Gasteiger partial charge in [0.25, 0.3) is 5.91 Å². The van der Waals surface area contributed by atoms with E-state index in [-0.39, 0.29) is 24.1 Å². The Morgan fingerprint density at radius 1 is 1.22 bits per heavy atom. The Kier molecular flexibility index (Phi) is 4.97. The molecule has 7 heteroatoms. The summed E-state index contributed by atoms with van der Waals surface area (Å²) in [5, 5.41) is 9.34. The maximum Gasteiger partial charge on any atom is 0.255 e. The van der Waals surface area contributed by atoms with Crippen molar-refractivity contribution in [2.45, 2.75) is 51.4 Å². The van der Waals surface area contributed by atoms with E-state index < -0.39 is 6.04 Å². The van der Waals surface area contributed by atoms with Crippen molar-refractivity contribution in [1.29, 1.82) is 0 Å². The highest BCUT2D eigenvalue weighted by Gasteiger charge is 2.39. The van der Waals surface area contributed by atoms with Crippen molar-refractivity contribution >= 4 is 17.7 Å². The fourth-order valence-electron chi connectivity index (χ4n) is 4.29. The minimum atomic E-state index is -0.557. The third kappa shape index (κ3) is 3.75. The maximum absolute atomic E-state index is 12.9. The van der Waals surface area contributed by atoms with Crippen LogP contribution in [-0.4, -0.2) is 47.8 Å². The molecule has 7 nitrogen and oxygen atoms in total. The lowest BCUT2D eigenvalue weighted by atomic mass is 9.97. The number of imide groups is 1. The molecule has 27 heavy (non-hydrogen) atoms. The molecule has 4 rings (SSSR count). The predicted molar refractivity (Wildman–Crippen MR) is 99.8 cm³/mol. The number of amides is 3.